The summed E-state index contributed by atoms with van der Waals surface area (Å²) in [6, 6.07) is 0.238. The molecule has 1 aliphatic rings. The molecule has 1 atom stereocenters. The van der Waals surface area contributed by atoms with Crippen LogP contribution in [0.2, 0.25) is 0 Å². The second kappa shape index (κ2) is 6.51. The topological polar surface area (TPSA) is 89.2 Å². The van der Waals surface area contributed by atoms with E-state index in [1.54, 1.807) is 0 Å². The Morgan fingerprint density at radius 2 is 2.05 bits per heavy atom. The lowest BCUT2D eigenvalue weighted by Gasteiger charge is -2.20. The zero-order chi connectivity index (χ0) is 13.7. The van der Waals surface area contributed by atoms with Crippen molar-refractivity contribution in [3.63, 3.8) is 0 Å². The standard InChI is InChI=1S/C12H22N6O/c1-9(8-18-5-3-4-6-18)7-14-11-15-10(13)16-12(17-11)19-2/h9H,3-8H2,1-2H3,(H3,13,14,15,16,17). The molecule has 0 aromatic carbocycles. The van der Waals surface area contributed by atoms with Crippen LogP contribution in [0.3, 0.4) is 0 Å². The van der Waals surface area contributed by atoms with E-state index < -0.39 is 0 Å². The van der Waals surface area contributed by atoms with Crippen LogP contribution in [-0.2, 0) is 0 Å². The van der Waals surface area contributed by atoms with Crippen molar-refractivity contribution in [2.45, 2.75) is 19.8 Å². The number of nitrogens with one attached hydrogen (secondary N) is 1. The maximum atomic E-state index is 5.58. The van der Waals surface area contributed by atoms with Crippen LogP contribution in [0.15, 0.2) is 0 Å². The van der Waals surface area contributed by atoms with Gasteiger partial charge in [0, 0.05) is 13.1 Å². The van der Waals surface area contributed by atoms with Gasteiger partial charge in [0.05, 0.1) is 7.11 Å². The number of likely N-dealkylation sites (tertiary alicyclic amines) is 1. The molecule has 1 saturated heterocycles. The molecule has 19 heavy (non-hydrogen) atoms. The van der Waals surface area contributed by atoms with Gasteiger partial charge in [-0.25, -0.2) is 0 Å². The number of nitrogens with zero attached hydrogens (tertiary/aromatic N) is 4. The maximum Gasteiger partial charge on any atom is 0.322 e. The minimum atomic E-state index is 0.168. The molecule has 0 bridgehead atoms. The summed E-state index contributed by atoms with van der Waals surface area (Å²) in [6.07, 6.45) is 2.64. The van der Waals surface area contributed by atoms with Crippen LogP contribution >= 0.6 is 0 Å². The second-order valence-electron chi connectivity index (χ2n) is 5.00. The Kier molecular flexibility index (Phi) is 4.73. The van der Waals surface area contributed by atoms with E-state index in [0.29, 0.717) is 11.9 Å². The average Bonchev–Trinajstić information content (AvgIpc) is 2.88. The number of anilines is 2. The summed E-state index contributed by atoms with van der Waals surface area (Å²) in [7, 11) is 1.51. The third-order valence-corrected chi connectivity index (χ3v) is 3.19. The normalized spacial score (nSPS) is 17.4. The van der Waals surface area contributed by atoms with E-state index >= 15 is 0 Å². The van der Waals surface area contributed by atoms with E-state index in [2.05, 4.69) is 32.1 Å². The van der Waals surface area contributed by atoms with Gasteiger partial charge in [-0.1, -0.05) is 6.92 Å². The van der Waals surface area contributed by atoms with Crippen LogP contribution in [0.1, 0.15) is 19.8 Å². The fourth-order valence-electron chi connectivity index (χ4n) is 2.28. The molecule has 2 heterocycles. The predicted molar refractivity (Wildman–Crippen MR) is 74.1 cm³/mol. The van der Waals surface area contributed by atoms with Crippen LogP contribution in [0.25, 0.3) is 0 Å². The number of methoxy groups -OCH3 is 1. The first-order valence-corrected chi connectivity index (χ1v) is 6.69. The minimum Gasteiger partial charge on any atom is -0.467 e. The van der Waals surface area contributed by atoms with Gasteiger partial charge in [0.25, 0.3) is 0 Å². The van der Waals surface area contributed by atoms with Crippen molar-refractivity contribution in [2.24, 2.45) is 5.92 Å². The van der Waals surface area contributed by atoms with Crippen molar-refractivity contribution in [3.05, 3.63) is 0 Å². The molecular weight excluding hydrogens is 244 g/mol. The van der Waals surface area contributed by atoms with Gasteiger partial charge < -0.3 is 20.7 Å². The molecule has 1 aromatic heterocycles. The van der Waals surface area contributed by atoms with Crippen molar-refractivity contribution in [1.29, 1.82) is 0 Å². The molecule has 7 nitrogen and oxygen atoms in total. The third-order valence-electron chi connectivity index (χ3n) is 3.19. The Hall–Kier alpha value is -1.63. The quantitative estimate of drug-likeness (QED) is 0.779. The SMILES string of the molecule is COc1nc(N)nc(NCC(C)CN2CCCC2)n1. The Morgan fingerprint density at radius 1 is 1.32 bits per heavy atom. The van der Waals surface area contributed by atoms with E-state index in [9.17, 15) is 0 Å². The van der Waals surface area contributed by atoms with Crippen molar-refractivity contribution in [2.75, 3.05) is 44.3 Å². The molecule has 3 N–H and O–H groups in total. The number of ether oxygens (including phenoxy) is 1. The molecule has 0 saturated carbocycles. The molecule has 1 aromatic rings. The second-order valence-corrected chi connectivity index (χ2v) is 5.00. The van der Waals surface area contributed by atoms with Gasteiger partial charge in [-0.05, 0) is 31.8 Å². The number of hydrogen-bond donors (Lipinski definition) is 2. The van der Waals surface area contributed by atoms with E-state index in [1.807, 2.05) is 0 Å². The Balaban J connectivity index is 1.82. The maximum absolute atomic E-state index is 5.58. The highest BCUT2D eigenvalue weighted by atomic mass is 16.5. The molecule has 1 unspecified atom stereocenters. The third kappa shape index (κ3) is 4.20. The number of hydrogen-bond acceptors (Lipinski definition) is 7. The molecule has 0 radical (unpaired) electrons. The molecule has 7 heteroatoms. The molecule has 0 spiro atoms. The van der Waals surface area contributed by atoms with E-state index in [0.717, 1.165) is 13.1 Å². The van der Waals surface area contributed by atoms with Crippen LogP contribution in [0, 0.1) is 5.92 Å². The van der Waals surface area contributed by atoms with Crippen molar-refractivity contribution in [1.82, 2.24) is 19.9 Å². The summed E-state index contributed by atoms with van der Waals surface area (Å²) in [5.74, 6) is 1.17. The Bertz CT molecular complexity index is 407. The summed E-state index contributed by atoms with van der Waals surface area (Å²) >= 11 is 0. The first-order valence-electron chi connectivity index (χ1n) is 6.69. The van der Waals surface area contributed by atoms with Gasteiger partial charge >= 0.3 is 6.01 Å². The van der Waals surface area contributed by atoms with Gasteiger partial charge in [-0.3, -0.25) is 0 Å². The largest absolute Gasteiger partial charge is 0.467 e. The van der Waals surface area contributed by atoms with Crippen molar-refractivity contribution < 1.29 is 4.74 Å². The molecular formula is C12H22N6O. The van der Waals surface area contributed by atoms with E-state index in [-0.39, 0.29) is 12.0 Å². The molecule has 2 rings (SSSR count). The first kappa shape index (κ1) is 13.8. The van der Waals surface area contributed by atoms with Crippen LogP contribution in [0.4, 0.5) is 11.9 Å². The molecule has 0 aliphatic carbocycles. The van der Waals surface area contributed by atoms with Gasteiger partial charge in [0.1, 0.15) is 0 Å². The summed E-state index contributed by atoms with van der Waals surface area (Å²) < 4.78 is 4.96. The highest BCUT2D eigenvalue weighted by molar-refractivity contribution is 5.32. The number of nitrogen functional groups attached to an aromatic ring is 1. The fraction of sp³-hybridized carbons (Fsp3) is 0.750. The Labute approximate surface area is 113 Å². The molecule has 0 amide bonds. The smallest absolute Gasteiger partial charge is 0.322 e. The van der Waals surface area contributed by atoms with E-state index in [1.165, 1.54) is 33.0 Å². The summed E-state index contributed by atoms with van der Waals surface area (Å²) in [5, 5.41) is 3.19. The zero-order valence-corrected chi connectivity index (χ0v) is 11.6. The summed E-state index contributed by atoms with van der Waals surface area (Å²) in [6.45, 7) is 6.56. The Morgan fingerprint density at radius 3 is 2.74 bits per heavy atom. The monoisotopic (exact) mass is 266 g/mol. The first-order chi connectivity index (χ1) is 9.17. The van der Waals surface area contributed by atoms with Crippen LogP contribution in [0.5, 0.6) is 6.01 Å². The van der Waals surface area contributed by atoms with E-state index in [4.69, 9.17) is 10.5 Å². The lowest BCUT2D eigenvalue weighted by Crippen LogP contribution is -2.29. The van der Waals surface area contributed by atoms with Crippen molar-refractivity contribution >= 4 is 11.9 Å². The zero-order valence-electron chi connectivity index (χ0n) is 11.6. The molecule has 1 aliphatic heterocycles. The highest BCUT2D eigenvalue weighted by Gasteiger charge is 2.15. The van der Waals surface area contributed by atoms with Gasteiger partial charge in [-0.15, -0.1) is 0 Å². The number of rotatable bonds is 6. The summed E-state index contributed by atoms with van der Waals surface area (Å²) in [5.41, 5.74) is 5.58. The predicted octanol–water partition coefficient (Wildman–Crippen LogP) is 0.606. The van der Waals surface area contributed by atoms with Gasteiger partial charge in [0.15, 0.2) is 0 Å². The fourth-order valence-corrected chi connectivity index (χ4v) is 2.28. The lowest BCUT2D eigenvalue weighted by atomic mass is 10.1. The van der Waals surface area contributed by atoms with Crippen LogP contribution < -0.4 is 15.8 Å². The van der Waals surface area contributed by atoms with Gasteiger partial charge in [-0.2, -0.15) is 15.0 Å². The molecule has 106 valence electrons. The highest BCUT2D eigenvalue weighted by Crippen LogP contribution is 2.12. The lowest BCUT2D eigenvalue weighted by molar-refractivity contribution is 0.294. The van der Waals surface area contributed by atoms with Crippen molar-refractivity contribution in [3.8, 4) is 6.01 Å². The minimum absolute atomic E-state index is 0.168. The number of nitrogens with two attached hydrogens (primary N) is 1. The van der Waals surface area contributed by atoms with Gasteiger partial charge in [0.2, 0.25) is 11.9 Å². The molecule has 1 fully saturated rings. The number of aromatic nitrogens is 3. The van der Waals surface area contributed by atoms with Crippen LogP contribution in [-0.4, -0.2) is 53.1 Å². The average molecular weight is 266 g/mol. The summed E-state index contributed by atoms with van der Waals surface area (Å²) in [4.78, 5) is 14.5.